The number of hydrogen-bond donors (Lipinski definition) is 3. The Morgan fingerprint density at radius 2 is 1.84 bits per heavy atom. The van der Waals surface area contributed by atoms with E-state index in [2.05, 4.69) is 15.4 Å². The molecule has 3 aliphatic carbocycles. The van der Waals surface area contributed by atoms with E-state index < -0.39 is 55.7 Å². The molecule has 1 spiro atoms. The molecular formula is C43H57N5O8S. The summed E-state index contributed by atoms with van der Waals surface area (Å²) >= 11 is 0. The Morgan fingerprint density at radius 1 is 1.07 bits per heavy atom. The SMILES string of the molecule is COc1ccc2c3c(c(C4CC4)nc2c1)O[C@]1(CC3)CC2C(=O)N[C@]3(C(=O)NS(=O)(=O)C4(C)CC4)CC3/C=C\CCCCC[C@H](NC(=O)CC(C)(C)C)C(=O)N2C1. The van der Waals surface area contributed by atoms with Gasteiger partial charge >= 0.3 is 0 Å². The number of allylic oxidation sites excluding steroid dienone is 1. The van der Waals surface area contributed by atoms with E-state index in [1.807, 2.05) is 51.1 Å². The van der Waals surface area contributed by atoms with Crippen LogP contribution in [0.2, 0.25) is 0 Å². The number of ether oxygens (including phenoxy) is 2. The van der Waals surface area contributed by atoms with Crippen LogP contribution in [0.1, 0.15) is 128 Å². The number of carbonyl (C=O) groups is 4. The highest BCUT2D eigenvalue weighted by atomic mass is 32.2. The van der Waals surface area contributed by atoms with E-state index in [4.69, 9.17) is 14.5 Å². The number of nitrogens with one attached hydrogen (secondary N) is 3. The van der Waals surface area contributed by atoms with Gasteiger partial charge in [0.25, 0.3) is 5.91 Å². The van der Waals surface area contributed by atoms with Crippen LogP contribution in [0.4, 0.5) is 0 Å². The number of aryl methyl sites for hydroxylation is 1. The maximum Gasteiger partial charge on any atom is 0.259 e. The van der Waals surface area contributed by atoms with Gasteiger partial charge in [-0.1, -0.05) is 45.8 Å². The van der Waals surface area contributed by atoms with E-state index >= 15 is 0 Å². The Morgan fingerprint density at radius 3 is 2.54 bits per heavy atom. The third-order valence-corrected chi connectivity index (χ3v) is 15.2. The number of nitrogens with zero attached hydrogens (tertiary/aromatic N) is 2. The van der Waals surface area contributed by atoms with Gasteiger partial charge in [-0.05, 0) is 88.7 Å². The third-order valence-electron chi connectivity index (χ3n) is 13.0. The van der Waals surface area contributed by atoms with Crippen LogP contribution in [-0.2, 0) is 35.6 Å². The van der Waals surface area contributed by atoms with Gasteiger partial charge in [0.1, 0.15) is 34.7 Å². The first-order chi connectivity index (χ1) is 27.0. The van der Waals surface area contributed by atoms with Crippen molar-refractivity contribution in [2.24, 2.45) is 11.3 Å². The van der Waals surface area contributed by atoms with Gasteiger partial charge in [0, 0.05) is 41.7 Å². The number of rotatable bonds is 7. The zero-order valence-corrected chi connectivity index (χ0v) is 34.7. The molecule has 3 aliphatic heterocycles. The molecule has 4 amide bonds. The molecule has 1 aromatic carbocycles. The molecule has 3 saturated carbocycles. The lowest BCUT2D eigenvalue weighted by Crippen LogP contribution is -2.58. The van der Waals surface area contributed by atoms with Crippen molar-refractivity contribution in [1.29, 1.82) is 0 Å². The summed E-state index contributed by atoms with van der Waals surface area (Å²) in [6.07, 6.45) is 12.1. The second kappa shape index (κ2) is 14.3. The van der Waals surface area contributed by atoms with Crippen molar-refractivity contribution in [3.8, 4) is 11.5 Å². The molecule has 0 bridgehead atoms. The van der Waals surface area contributed by atoms with Gasteiger partial charge in [0.15, 0.2) is 0 Å². The van der Waals surface area contributed by atoms with Crippen molar-refractivity contribution in [2.45, 2.75) is 151 Å². The second-order valence-corrected chi connectivity index (χ2v) is 21.2. The fraction of sp³-hybridized carbons (Fsp3) is 0.651. The van der Waals surface area contributed by atoms with Crippen molar-refractivity contribution in [3.05, 3.63) is 41.6 Å². The standard InChI is InChI=1S/C43H57N5O8S/c1-40(2,3)24-34(49)44-31-12-10-8-6-7-9-11-27-22-43(27,39(52)47-57(53,54)41(4)19-20-41)46-37(50)33-23-42(25-48(33)38(31)51)18-17-30-29-16-15-28(55-5)21-32(29)45-35(26-13-14-26)36(30)56-42/h9,11,15-16,21,26-27,31,33H,6-8,10,12-14,17-20,22-25H2,1-5H3,(H,44,49)(H,46,50)(H,47,52)/b11-9-/t27?,31-,33?,42+,43+/m0/s1. The zero-order chi connectivity index (χ0) is 40.5. The van der Waals surface area contributed by atoms with Gasteiger partial charge in [0.2, 0.25) is 27.7 Å². The predicted molar refractivity (Wildman–Crippen MR) is 214 cm³/mol. The van der Waals surface area contributed by atoms with Crippen LogP contribution in [0.3, 0.4) is 0 Å². The first kappa shape index (κ1) is 39.6. The average Bonchev–Trinajstić information content (AvgIpc) is 4.08. The first-order valence-corrected chi connectivity index (χ1v) is 22.3. The molecule has 1 saturated heterocycles. The van der Waals surface area contributed by atoms with E-state index in [1.165, 1.54) is 0 Å². The number of amides is 4. The Labute approximate surface area is 335 Å². The van der Waals surface area contributed by atoms with E-state index in [9.17, 15) is 27.6 Å². The maximum absolute atomic E-state index is 14.9. The summed E-state index contributed by atoms with van der Waals surface area (Å²) in [6.45, 7) is 7.63. The van der Waals surface area contributed by atoms with Crippen LogP contribution in [0, 0.1) is 11.3 Å². The number of hydrogen-bond acceptors (Lipinski definition) is 9. The summed E-state index contributed by atoms with van der Waals surface area (Å²) in [7, 11) is -2.34. The lowest BCUT2D eigenvalue weighted by Gasteiger charge is -2.37. The zero-order valence-electron chi connectivity index (χ0n) is 33.9. The van der Waals surface area contributed by atoms with Gasteiger partial charge in [0.05, 0.1) is 29.6 Å². The Hall–Kier alpha value is -4.20. The van der Waals surface area contributed by atoms with Gasteiger partial charge in [-0.3, -0.25) is 23.9 Å². The van der Waals surface area contributed by atoms with Gasteiger partial charge < -0.3 is 25.0 Å². The number of aromatic nitrogens is 1. The number of methoxy groups -OCH3 is 1. The summed E-state index contributed by atoms with van der Waals surface area (Å²) in [5, 5.41) is 7.01. The van der Waals surface area contributed by atoms with Crippen molar-refractivity contribution in [2.75, 3.05) is 13.7 Å². The van der Waals surface area contributed by atoms with E-state index in [1.54, 1.807) is 18.9 Å². The molecule has 308 valence electrons. The monoisotopic (exact) mass is 803 g/mol. The minimum absolute atomic E-state index is 0.106. The lowest BCUT2D eigenvalue weighted by molar-refractivity contribution is -0.142. The molecule has 0 radical (unpaired) electrons. The van der Waals surface area contributed by atoms with Crippen molar-refractivity contribution in [3.63, 3.8) is 0 Å². The number of benzene rings is 1. The lowest BCUT2D eigenvalue weighted by atomic mass is 9.86. The molecule has 2 unspecified atom stereocenters. The number of pyridine rings is 1. The molecule has 8 rings (SSSR count). The van der Waals surface area contributed by atoms with E-state index in [0.717, 1.165) is 60.0 Å². The largest absolute Gasteiger partial charge is 0.497 e. The van der Waals surface area contributed by atoms with Crippen LogP contribution >= 0.6 is 0 Å². The van der Waals surface area contributed by atoms with Crippen LogP contribution in [0.5, 0.6) is 11.5 Å². The highest BCUT2D eigenvalue weighted by molar-refractivity contribution is 7.91. The molecule has 57 heavy (non-hydrogen) atoms. The van der Waals surface area contributed by atoms with E-state index in [-0.39, 0.29) is 49.0 Å². The highest BCUT2D eigenvalue weighted by Gasteiger charge is 2.64. The molecular weight excluding hydrogens is 747 g/mol. The summed E-state index contributed by atoms with van der Waals surface area (Å²) in [5.74, 6) is -0.621. The minimum Gasteiger partial charge on any atom is -0.497 e. The Balaban J connectivity index is 1.15. The topological polar surface area (TPSA) is 173 Å². The van der Waals surface area contributed by atoms with Gasteiger partial charge in [-0.25, -0.2) is 13.4 Å². The van der Waals surface area contributed by atoms with E-state index in [0.29, 0.717) is 44.3 Å². The van der Waals surface area contributed by atoms with Crippen molar-refractivity contribution < 1.29 is 37.1 Å². The molecule has 2 aromatic rings. The Bertz CT molecular complexity index is 2140. The summed E-state index contributed by atoms with van der Waals surface area (Å²) in [5.41, 5.74) is 0.0452. The molecule has 6 aliphatic rings. The Kier molecular flexibility index (Phi) is 9.92. The molecule has 4 fully saturated rings. The fourth-order valence-electron chi connectivity index (χ4n) is 9.03. The van der Waals surface area contributed by atoms with Crippen LogP contribution in [-0.4, -0.2) is 83.6 Å². The number of fused-ring (bicyclic) bond motifs is 5. The highest BCUT2D eigenvalue weighted by Crippen LogP contribution is 2.52. The molecule has 3 N–H and O–H groups in total. The summed E-state index contributed by atoms with van der Waals surface area (Å²) < 4.78 is 40.4. The summed E-state index contributed by atoms with van der Waals surface area (Å²) in [4.78, 5) is 63.7. The fourth-order valence-corrected chi connectivity index (χ4v) is 10.3. The van der Waals surface area contributed by atoms with Gasteiger partial charge in [-0.2, -0.15) is 0 Å². The third kappa shape index (κ3) is 7.74. The number of sulfonamides is 1. The summed E-state index contributed by atoms with van der Waals surface area (Å²) in [6, 6.07) is 3.96. The smallest absolute Gasteiger partial charge is 0.259 e. The molecule has 13 nitrogen and oxygen atoms in total. The van der Waals surface area contributed by atoms with Crippen molar-refractivity contribution in [1.82, 2.24) is 25.2 Å². The molecule has 5 atom stereocenters. The normalized spacial score (nSPS) is 30.4. The minimum atomic E-state index is -3.98. The predicted octanol–water partition coefficient (Wildman–Crippen LogP) is 5.10. The first-order valence-electron chi connectivity index (χ1n) is 20.8. The maximum atomic E-state index is 14.9. The molecule has 1 aromatic heterocycles. The van der Waals surface area contributed by atoms with Gasteiger partial charge in [-0.15, -0.1) is 0 Å². The van der Waals surface area contributed by atoms with Crippen molar-refractivity contribution >= 4 is 44.6 Å². The van der Waals surface area contributed by atoms with Crippen LogP contribution < -0.4 is 24.8 Å². The quantitative estimate of drug-likeness (QED) is 0.322. The second-order valence-electron chi connectivity index (χ2n) is 19.0. The molecule has 4 heterocycles. The van der Waals surface area contributed by atoms with Crippen LogP contribution in [0.25, 0.3) is 10.9 Å². The van der Waals surface area contributed by atoms with Crippen LogP contribution in [0.15, 0.2) is 30.4 Å². The average molecular weight is 804 g/mol. The number of carbonyl (C=O) groups excluding carboxylic acids is 4. The molecule has 14 heteroatoms.